The minimum Gasteiger partial charge on any atom is -0.477 e. The summed E-state index contributed by atoms with van der Waals surface area (Å²) in [5, 5.41) is 0. The fourth-order valence-electron chi connectivity index (χ4n) is 2.17. The highest BCUT2D eigenvalue weighted by Crippen LogP contribution is 2.25. The van der Waals surface area contributed by atoms with Gasteiger partial charge in [0.2, 0.25) is 5.88 Å². The molecule has 1 heterocycles. The molecule has 1 aromatic rings. The normalized spacial score (nSPS) is 18.6. The van der Waals surface area contributed by atoms with Gasteiger partial charge >= 0.3 is 0 Å². The third-order valence-corrected chi connectivity index (χ3v) is 3.23. The van der Waals surface area contributed by atoms with Crippen molar-refractivity contribution in [2.75, 3.05) is 6.61 Å². The van der Waals surface area contributed by atoms with E-state index in [1.165, 1.54) is 25.7 Å². The van der Waals surface area contributed by atoms with E-state index < -0.39 is 0 Å². The van der Waals surface area contributed by atoms with Crippen molar-refractivity contribution < 1.29 is 4.74 Å². The summed E-state index contributed by atoms with van der Waals surface area (Å²) in [4.78, 5) is 4.20. The van der Waals surface area contributed by atoms with Crippen molar-refractivity contribution >= 4 is 0 Å². The van der Waals surface area contributed by atoms with Crippen LogP contribution in [0.15, 0.2) is 18.3 Å². The molecule has 0 spiro atoms. The van der Waals surface area contributed by atoms with E-state index in [9.17, 15) is 0 Å². The Hall–Kier alpha value is -1.09. The number of ether oxygens (including phenoxy) is 1. The van der Waals surface area contributed by atoms with Crippen LogP contribution in [0.4, 0.5) is 0 Å². The quantitative estimate of drug-likeness (QED) is 0.848. The van der Waals surface area contributed by atoms with E-state index in [0.29, 0.717) is 5.88 Å². The lowest BCUT2D eigenvalue weighted by atomic mass is 10.1. The minimum absolute atomic E-state index is 0.0387. The summed E-state index contributed by atoms with van der Waals surface area (Å²) in [5.74, 6) is 1.43. The first kappa shape index (κ1) is 11.4. The molecule has 1 saturated carbocycles. The minimum atomic E-state index is 0.0387. The zero-order valence-electron chi connectivity index (χ0n) is 9.86. The highest BCUT2D eigenvalue weighted by atomic mass is 16.5. The Kier molecular flexibility index (Phi) is 3.78. The molecule has 0 radical (unpaired) electrons. The summed E-state index contributed by atoms with van der Waals surface area (Å²) < 4.78 is 5.71. The van der Waals surface area contributed by atoms with Crippen LogP contribution < -0.4 is 10.5 Å². The molecular weight excluding hydrogens is 200 g/mol. The molecular formula is C13H20N2O. The standard InChI is InChI=1S/C13H20N2O/c1-10(14)12-6-7-15-13(8-12)16-9-11-4-2-3-5-11/h6-8,10-11H,2-5,9,14H2,1H3/t10-/m0/s1. The maximum atomic E-state index is 5.82. The molecule has 3 nitrogen and oxygen atoms in total. The van der Waals surface area contributed by atoms with Gasteiger partial charge in [-0.3, -0.25) is 0 Å². The first-order valence-corrected chi connectivity index (χ1v) is 6.10. The zero-order valence-corrected chi connectivity index (χ0v) is 9.86. The SMILES string of the molecule is C[C@H](N)c1ccnc(OCC2CCCC2)c1. The van der Waals surface area contributed by atoms with Crippen LogP contribution in [0.3, 0.4) is 0 Å². The second-order valence-electron chi connectivity index (χ2n) is 4.68. The maximum Gasteiger partial charge on any atom is 0.213 e. The number of rotatable bonds is 4. The number of hydrogen-bond acceptors (Lipinski definition) is 3. The van der Waals surface area contributed by atoms with Gasteiger partial charge in [-0.2, -0.15) is 0 Å². The highest BCUT2D eigenvalue weighted by molar-refractivity contribution is 5.22. The molecule has 1 aliphatic carbocycles. The van der Waals surface area contributed by atoms with Crippen molar-refractivity contribution in [3.05, 3.63) is 23.9 Å². The molecule has 0 aliphatic heterocycles. The molecule has 88 valence electrons. The van der Waals surface area contributed by atoms with E-state index in [2.05, 4.69) is 4.98 Å². The Bertz CT molecular complexity index is 332. The third-order valence-electron chi connectivity index (χ3n) is 3.23. The van der Waals surface area contributed by atoms with Gasteiger partial charge in [0.15, 0.2) is 0 Å². The van der Waals surface area contributed by atoms with Gasteiger partial charge < -0.3 is 10.5 Å². The average molecular weight is 220 g/mol. The molecule has 2 rings (SSSR count). The van der Waals surface area contributed by atoms with Gasteiger partial charge in [0, 0.05) is 18.3 Å². The van der Waals surface area contributed by atoms with E-state index in [1.807, 2.05) is 19.1 Å². The lowest BCUT2D eigenvalue weighted by Crippen LogP contribution is -2.10. The van der Waals surface area contributed by atoms with Gasteiger partial charge in [-0.15, -0.1) is 0 Å². The molecule has 1 fully saturated rings. The van der Waals surface area contributed by atoms with Gasteiger partial charge in [0.25, 0.3) is 0 Å². The topological polar surface area (TPSA) is 48.1 Å². The lowest BCUT2D eigenvalue weighted by molar-refractivity contribution is 0.243. The van der Waals surface area contributed by atoms with Crippen LogP contribution in [-0.4, -0.2) is 11.6 Å². The molecule has 1 atom stereocenters. The van der Waals surface area contributed by atoms with Crippen LogP contribution >= 0.6 is 0 Å². The summed E-state index contributed by atoms with van der Waals surface area (Å²) in [7, 11) is 0. The molecule has 16 heavy (non-hydrogen) atoms. The predicted octanol–water partition coefficient (Wildman–Crippen LogP) is 2.67. The number of hydrogen-bond donors (Lipinski definition) is 1. The van der Waals surface area contributed by atoms with Crippen LogP contribution in [0.2, 0.25) is 0 Å². The maximum absolute atomic E-state index is 5.82. The molecule has 0 unspecified atom stereocenters. The Morgan fingerprint density at radius 2 is 2.25 bits per heavy atom. The zero-order chi connectivity index (χ0) is 11.4. The fourth-order valence-corrected chi connectivity index (χ4v) is 2.17. The monoisotopic (exact) mass is 220 g/mol. The van der Waals surface area contributed by atoms with E-state index in [0.717, 1.165) is 18.1 Å². The van der Waals surface area contributed by atoms with Gasteiger partial charge in [-0.1, -0.05) is 12.8 Å². The molecule has 3 heteroatoms. The second-order valence-corrected chi connectivity index (χ2v) is 4.68. The largest absolute Gasteiger partial charge is 0.477 e. The van der Waals surface area contributed by atoms with Crippen LogP contribution in [-0.2, 0) is 0 Å². The van der Waals surface area contributed by atoms with Crippen molar-refractivity contribution in [3.63, 3.8) is 0 Å². The second kappa shape index (κ2) is 5.30. The van der Waals surface area contributed by atoms with E-state index in [-0.39, 0.29) is 6.04 Å². The van der Waals surface area contributed by atoms with Crippen LogP contribution in [0.1, 0.15) is 44.2 Å². The number of nitrogens with zero attached hydrogens (tertiary/aromatic N) is 1. The fraction of sp³-hybridized carbons (Fsp3) is 0.615. The Morgan fingerprint density at radius 1 is 1.50 bits per heavy atom. The van der Waals surface area contributed by atoms with Crippen LogP contribution in [0.25, 0.3) is 0 Å². The number of pyridine rings is 1. The molecule has 1 aliphatic rings. The molecule has 0 amide bonds. The third kappa shape index (κ3) is 2.95. The van der Waals surface area contributed by atoms with E-state index in [1.54, 1.807) is 6.20 Å². The average Bonchev–Trinajstić information content (AvgIpc) is 2.79. The smallest absolute Gasteiger partial charge is 0.213 e. The molecule has 0 saturated heterocycles. The molecule has 2 N–H and O–H groups in total. The van der Waals surface area contributed by atoms with E-state index >= 15 is 0 Å². The van der Waals surface area contributed by atoms with E-state index in [4.69, 9.17) is 10.5 Å². The molecule has 0 aromatic carbocycles. The highest BCUT2D eigenvalue weighted by Gasteiger charge is 2.15. The van der Waals surface area contributed by atoms with Crippen LogP contribution in [0.5, 0.6) is 5.88 Å². The number of aromatic nitrogens is 1. The Labute approximate surface area is 97.0 Å². The van der Waals surface area contributed by atoms with Crippen molar-refractivity contribution in [1.82, 2.24) is 4.98 Å². The first-order chi connectivity index (χ1) is 7.75. The van der Waals surface area contributed by atoms with Gasteiger partial charge in [0.1, 0.15) is 0 Å². The first-order valence-electron chi connectivity index (χ1n) is 6.10. The van der Waals surface area contributed by atoms with Gasteiger partial charge in [-0.25, -0.2) is 4.98 Å². The van der Waals surface area contributed by atoms with Crippen molar-refractivity contribution in [2.24, 2.45) is 11.7 Å². The summed E-state index contributed by atoms with van der Waals surface area (Å²) in [5.41, 5.74) is 6.90. The van der Waals surface area contributed by atoms with Crippen molar-refractivity contribution in [2.45, 2.75) is 38.6 Å². The van der Waals surface area contributed by atoms with Crippen molar-refractivity contribution in [3.8, 4) is 5.88 Å². The summed E-state index contributed by atoms with van der Waals surface area (Å²) >= 11 is 0. The van der Waals surface area contributed by atoms with Gasteiger partial charge in [-0.05, 0) is 37.3 Å². The molecule has 0 bridgehead atoms. The summed E-state index contributed by atoms with van der Waals surface area (Å²) in [6, 6.07) is 3.92. The Balaban J connectivity index is 1.90. The predicted molar refractivity (Wildman–Crippen MR) is 64.3 cm³/mol. The van der Waals surface area contributed by atoms with Crippen molar-refractivity contribution in [1.29, 1.82) is 0 Å². The summed E-state index contributed by atoms with van der Waals surface area (Å²) in [6.45, 7) is 2.77. The van der Waals surface area contributed by atoms with Crippen LogP contribution in [0, 0.1) is 5.92 Å². The Morgan fingerprint density at radius 3 is 2.94 bits per heavy atom. The van der Waals surface area contributed by atoms with Gasteiger partial charge in [0.05, 0.1) is 6.61 Å². The molecule has 1 aromatic heterocycles. The number of nitrogens with two attached hydrogens (primary N) is 1. The lowest BCUT2D eigenvalue weighted by Gasteiger charge is -2.12. The summed E-state index contributed by atoms with van der Waals surface area (Å²) in [6.07, 6.45) is 7.06.